The third-order valence-corrected chi connectivity index (χ3v) is 4.84. The molecule has 1 aliphatic carbocycles. The monoisotopic (exact) mass is 357 g/mol. The van der Waals surface area contributed by atoms with Gasteiger partial charge in [0.2, 0.25) is 0 Å². The average molecular weight is 358 g/mol. The highest BCUT2D eigenvalue weighted by Crippen LogP contribution is 2.37. The Morgan fingerprint density at radius 3 is 2.60 bits per heavy atom. The van der Waals surface area contributed by atoms with Gasteiger partial charge in [0.1, 0.15) is 5.82 Å². The van der Waals surface area contributed by atoms with Crippen LogP contribution in [0.5, 0.6) is 0 Å². The molecule has 25 heavy (non-hydrogen) atoms. The molecule has 0 spiro atoms. The van der Waals surface area contributed by atoms with Crippen molar-refractivity contribution >= 4 is 23.5 Å². The molecule has 2 aromatic rings. The minimum Gasteiger partial charge on any atom is -0.295 e. The highest BCUT2D eigenvalue weighted by molar-refractivity contribution is 6.30. The molecule has 0 bridgehead atoms. The van der Waals surface area contributed by atoms with Crippen molar-refractivity contribution in [1.82, 2.24) is 4.98 Å². The van der Waals surface area contributed by atoms with Gasteiger partial charge in [0.15, 0.2) is 5.78 Å². The summed E-state index contributed by atoms with van der Waals surface area (Å²) in [5.74, 6) is -0.312. The van der Waals surface area contributed by atoms with E-state index in [1.807, 2.05) is 19.1 Å². The lowest BCUT2D eigenvalue weighted by atomic mass is 9.82. The van der Waals surface area contributed by atoms with Crippen LogP contribution in [0.3, 0.4) is 0 Å². The Morgan fingerprint density at radius 2 is 2.00 bits per heavy atom. The van der Waals surface area contributed by atoms with Crippen LogP contribution in [-0.4, -0.2) is 10.8 Å². The molecule has 0 atom stereocenters. The molecule has 0 radical (unpaired) electrons. The van der Waals surface area contributed by atoms with Crippen LogP contribution in [0, 0.1) is 5.82 Å². The number of carbonyl (C=O) groups is 1. The summed E-state index contributed by atoms with van der Waals surface area (Å²) in [4.78, 5) is 16.8. The summed E-state index contributed by atoms with van der Waals surface area (Å²) in [5.41, 5.74) is 5.12. The summed E-state index contributed by atoms with van der Waals surface area (Å²) < 4.78 is 13.9. The van der Waals surface area contributed by atoms with Gasteiger partial charge >= 0.3 is 0 Å². The van der Waals surface area contributed by atoms with Gasteiger partial charge in [-0.1, -0.05) is 45.4 Å². The zero-order chi connectivity index (χ0) is 18.4. The number of hydrogen-bond donors (Lipinski definition) is 0. The molecule has 0 saturated carbocycles. The number of pyridine rings is 1. The average Bonchev–Trinajstić information content (AvgIpc) is 2.98. The number of benzene rings is 1. The van der Waals surface area contributed by atoms with Crippen molar-refractivity contribution < 1.29 is 9.18 Å². The van der Waals surface area contributed by atoms with Crippen LogP contribution in [0.25, 0.3) is 17.3 Å². The molecule has 0 saturated heterocycles. The van der Waals surface area contributed by atoms with E-state index in [1.165, 1.54) is 6.07 Å². The fraction of sp³-hybridized carbons (Fsp3) is 0.333. The van der Waals surface area contributed by atoms with E-state index in [-0.39, 0.29) is 16.2 Å². The Bertz CT molecular complexity index is 893. The van der Waals surface area contributed by atoms with Gasteiger partial charge in [-0.25, -0.2) is 9.37 Å². The summed E-state index contributed by atoms with van der Waals surface area (Å²) in [6, 6.07) is 6.72. The third kappa shape index (κ3) is 3.38. The minimum atomic E-state index is -0.462. The Hall–Kier alpha value is -2.00. The lowest BCUT2D eigenvalue weighted by Crippen LogP contribution is -2.16. The second-order valence-electron chi connectivity index (χ2n) is 7.42. The van der Waals surface area contributed by atoms with Crippen molar-refractivity contribution in [2.75, 3.05) is 0 Å². The van der Waals surface area contributed by atoms with Gasteiger partial charge in [-0.3, -0.25) is 4.79 Å². The fourth-order valence-corrected chi connectivity index (χ4v) is 3.30. The maximum absolute atomic E-state index is 13.9. The van der Waals surface area contributed by atoms with Gasteiger partial charge in [-0.15, -0.1) is 0 Å². The van der Waals surface area contributed by atoms with Crippen molar-refractivity contribution in [3.63, 3.8) is 0 Å². The number of nitrogens with zero attached hydrogens (tertiary/aromatic N) is 1. The predicted octanol–water partition coefficient (Wildman–Crippen LogP) is 5.76. The second kappa shape index (κ2) is 6.38. The van der Waals surface area contributed by atoms with Gasteiger partial charge in [-0.2, -0.15) is 0 Å². The van der Waals surface area contributed by atoms with Gasteiger partial charge < -0.3 is 0 Å². The molecule has 1 aliphatic rings. The predicted molar refractivity (Wildman–Crippen MR) is 100 cm³/mol. The van der Waals surface area contributed by atoms with E-state index in [0.29, 0.717) is 24.1 Å². The summed E-state index contributed by atoms with van der Waals surface area (Å²) in [6.07, 6.45) is 2.99. The molecule has 0 amide bonds. The first-order valence-electron chi connectivity index (χ1n) is 8.44. The minimum absolute atomic E-state index is 0.0941. The topological polar surface area (TPSA) is 30.0 Å². The van der Waals surface area contributed by atoms with Crippen LogP contribution in [0.15, 0.2) is 29.8 Å². The number of Topliss-reactive ketones (excluding diaryl/α,β-unsaturated/α-hetero) is 1. The van der Waals surface area contributed by atoms with E-state index in [9.17, 15) is 9.18 Å². The van der Waals surface area contributed by atoms with Crippen LogP contribution in [0.2, 0.25) is 5.02 Å². The Kier molecular flexibility index (Phi) is 4.54. The lowest BCUT2D eigenvalue weighted by molar-refractivity contribution is -0.115. The lowest BCUT2D eigenvalue weighted by Gasteiger charge is -2.24. The van der Waals surface area contributed by atoms with Crippen molar-refractivity contribution in [3.05, 3.63) is 57.5 Å². The van der Waals surface area contributed by atoms with Crippen LogP contribution < -0.4 is 0 Å². The van der Waals surface area contributed by atoms with Gasteiger partial charge in [0, 0.05) is 24.0 Å². The summed E-state index contributed by atoms with van der Waals surface area (Å²) in [6.45, 7) is 8.27. The van der Waals surface area contributed by atoms with Crippen molar-refractivity contribution in [3.8, 4) is 11.3 Å². The smallest absolute Gasteiger partial charge is 0.159 e. The van der Waals surface area contributed by atoms with Crippen molar-refractivity contribution in [1.29, 1.82) is 0 Å². The highest BCUT2D eigenvalue weighted by atomic mass is 35.5. The molecular weight excluding hydrogens is 337 g/mol. The second-order valence-corrected chi connectivity index (χ2v) is 7.83. The number of hydrogen-bond acceptors (Lipinski definition) is 2. The van der Waals surface area contributed by atoms with E-state index in [4.69, 9.17) is 16.6 Å². The molecule has 0 N–H and O–H groups in total. The standard InChI is InChI=1S/C21H21ClFNO/c1-5-20(25)13-8-14-15(21(2,3)4)11-18(24-19(14)10-13)12-6-7-16(22)17(23)9-12/h6-7,9-11H,5,8H2,1-4H3. The molecule has 0 unspecified atom stereocenters. The molecule has 3 rings (SSSR count). The maximum atomic E-state index is 13.9. The Morgan fingerprint density at radius 1 is 1.28 bits per heavy atom. The van der Waals surface area contributed by atoms with E-state index in [0.717, 1.165) is 22.4 Å². The molecule has 130 valence electrons. The molecule has 1 aromatic heterocycles. The summed E-state index contributed by atoms with van der Waals surface area (Å²) in [5, 5.41) is 0.0941. The largest absolute Gasteiger partial charge is 0.295 e. The van der Waals surface area contributed by atoms with Gasteiger partial charge in [0.05, 0.1) is 16.4 Å². The maximum Gasteiger partial charge on any atom is 0.159 e. The summed E-state index contributed by atoms with van der Waals surface area (Å²) >= 11 is 5.79. The first-order chi connectivity index (χ1) is 11.7. The third-order valence-electron chi connectivity index (χ3n) is 4.54. The molecule has 4 heteroatoms. The quantitative estimate of drug-likeness (QED) is 0.699. The SMILES string of the molecule is CCC(=O)C1=Cc2nc(-c3ccc(Cl)c(F)c3)cc(C(C)(C)C)c2C1. The molecule has 1 heterocycles. The number of carbonyl (C=O) groups excluding carboxylic acids is 1. The normalized spacial score (nSPS) is 13.6. The van der Waals surface area contributed by atoms with Crippen molar-refractivity contribution in [2.45, 2.75) is 46.0 Å². The molecule has 2 nitrogen and oxygen atoms in total. The number of halogens is 2. The number of fused-ring (bicyclic) bond motifs is 1. The molecule has 0 aliphatic heterocycles. The first kappa shape index (κ1) is 17.8. The first-order valence-corrected chi connectivity index (χ1v) is 8.82. The summed E-state index contributed by atoms with van der Waals surface area (Å²) in [7, 11) is 0. The number of aromatic nitrogens is 1. The Balaban J connectivity index is 2.17. The fourth-order valence-electron chi connectivity index (χ4n) is 3.18. The van der Waals surface area contributed by atoms with Gasteiger partial charge in [0.25, 0.3) is 0 Å². The molecule has 0 fully saturated rings. The zero-order valence-electron chi connectivity index (χ0n) is 14.9. The van der Waals surface area contributed by atoms with E-state index >= 15 is 0 Å². The van der Waals surface area contributed by atoms with Crippen LogP contribution >= 0.6 is 11.6 Å². The van der Waals surface area contributed by atoms with E-state index in [1.54, 1.807) is 12.1 Å². The Labute approximate surface area is 152 Å². The van der Waals surface area contributed by atoms with E-state index < -0.39 is 5.82 Å². The zero-order valence-corrected chi connectivity index (χ0v) is 15.7. The number of rotatable bonds is 3. The highest BCUT2D eigenvalue weighted by Gasteiger charge is 2.27. The van der Waals surface area contributed by atoms with E-state index in [2.05, 4.69) is 20.8 Å². The molecule has 1 aromatic carbocycles. The van der Waals surface area contributed by atoms with Crippen LogP contribution in [-0.2, 0) is 16.6 Å². The number of ketones is 1. The molecular formula is C21H21ClFNO. The van der Waals surface area contributed by atoms with Crippen molar-refractivity contribution in [2.24, 2.45) is 0 Å². The van der Waals surface area contributed by atoms with Gasteiger partial charge in [-0.05, 0) is 40.8 Å². The van der Waals surface area contributed by atoms with Crippen LogP contribution in [0.1, 0.15) is 50.9 Å². The number of allylic oxidation sites excluding steroid dienone is 1. The van der Waals surface area contributed by atoms with Crippen LogP contribution in [0.4, 0.5) is 4.39 Å².